The SMILES string of the molecule is COCCN(C(C)C1CC1)C1CCCCC1C(=O)O. The number of nitrogens with zero attached hydrogens (tertiary/aromatic N) is 1. The van der Waals surface area contributed by atoms with Crippen LogP contribution in [0.25, 0.3) is 0 Å². The Morgan fingerprint density at radius 2 is 2.00 bits per heavy atom. The summed E-state index contributed by atoms with van der Waals surface area (Å²) in [6, 6.07) is 0.706. The Hall–Kier alpha value is -0.610. The molecule has 0 heterocycles. The molecule has 0 radical (unpaired) electrons. The number of hydrogen-bond acceptors (Lipinski definition) is 3. The van der Waals surface area contributed by atoms with E-state index in [1.54, 1.807) is 7.11 Å². The minimum atomic E-state index is -0.616. The van der Waals surface area contributed by atoms with Crippen molar-refractivity contribution >= 4 is 5.97 Å². The predicted molar refractivity (Wildman–Crippen MR) is 74.1 cm³/mol. The van der Waals surface area contributed by atoms with E-state index in [1.807, 2.05) is 0 Å². The van der Waals surface area contributed by atoms with Crippen LogP contribution in [0, 0.1) is 11.8 Å². The fourth-order valence-electron chi connectivity index (χ4n) is 3.51. The van der Waals surface area contributed by atoms with Crippen molar-refractivity contribution in [3.8, 4) is 0 Å². The highest BCUT2D eigenvalue weighted by molar-refractivity contribution is 5.71. The van der Waals surface area contributed by atoms with Gasteiger partial charge >= 0.3 is 5.97 Å². The second-order valence-corrected chi connectivity index (χ2v) is 6.11. The molecule has 2 saturated carbocycles. The third kappa shape index (κ3) is 3.69. The molecule has 3 atom stereocenters. The van der Waals surface area contributed by atoms with Gasteiger partial charge in [0.25, 0.3) is 0 Å². The highest BCUT2D eigenvalue weighted by Crippen LogP contribution is 2.38. The highest BCUT2D eigenvalue weighted by Gasteiger charge is 2.40. The maximum absolute atomic E-state index is 11.5. The Bertz CT molecular complexity index is 304. The number of rotatable bonds is 7. The van der Waals surface area contributed by atoms with Crippen molar-refractivity contribution < 1.29 is 14.6 Å². The fourth-order valence-corrected chi connectivity index (χ4v) is 3.51. The summed E-state index contributed by atoms with van der Waals surface area (Å²) in [4.78, 5) is 13.9. The van der Waals surface area contributed by atoms with Crippen LogP contribution in [-0.4, -0.2) is 48.3 Å². The molecule has 0 bridgehead atoms. The van der Waals surface area contributed by atoms with E-state index in [0.29, 0.717) is 12.6 Å². The predicted octanol–water partition coefficient (Wildman–Crippen LogP) is 2.38. The molecule has 2 aliphatic rings. The molecular weight excluding hydrogens is 242 g/mol. The first-order valence-corrected chi connectivity index (χ1v) is 7.62. The smallest absolute Gasteiger partial charge is 0.308 e. The summed E-state index contributed by atoms with van der Waals surface area (Å²) in [6.45, 7) is 3.82. The molecule has 0 saturated heterocycles. The lowest BCUT2D eigenvalue weighted by molar-refractivity contribution is -0.146. The van der Waals surface area contributed by atoms with Crippen LogP contribution in [0.3, 0.4) is 0 Å². The lowest BCUT2D eigenvalue weighted by Crippen LogP contribution is -2.51. The summed E-state index contributed by atoms with van der Waals surface area (Å²) in [5.41, 5.74) is 0. The molecule has 4 nitrogen and oxygen atoms in total. The monoisotopic (exact) mass is 269 g/mol. The van der Waals surface area contributed by atoms with Gasteiger partial charge in [-0.2, -0.15) is 0 Å². The average molecular weight is 269 g/mol. The van der Waals surface area contributed by atoms with Gasteiger partial charge in [-0.1, -0.05) is 12.8 Å². The molecule has 0 spiro atoms. The van der Waals surface area contributed by atoms with Crippen LogP contribution < -0.4 is 0 Å². The molecule has 0 aromatic rings. The molecular formula is C15H27NO3. The third-order valence-corrected chi connectivity index (χ3v) is 4.85. The van der Waals surface area contributed by atoms with E-state index in [9.17, 15) is 9.90 Å². The summed E-state index contributed by atoms with van der Waals surface area (Å²) in [5.74, 6) is -0.0323. The Labute approximate surface area is 116 Å². The van der Waals surface area contributed by atoms with Crippen molar-refractivity contribution in [2.75, 3.05) is 20.3 Å². The van der Waals surface area contributed by atoms with Gasteiger partial charge < -0.3 is 9.84 Å². The number of aliphatic carboxylic acids is 1. The summed E-state index contributed by atoms with van der Waals surface area (Å²) in [6.07, 6.45) is 6.68. The van der Waals surface area contributed by atoms with Gasteiger partial charge in [-0.15, -0.1) is 0 Å². The van der Waals surface area contributed by atoms with Crippen molar-refractivity contribution in [1.82, 2.24) is 4.90 Å². The largest absolute Gasteiger partial charge is 0.481 e. The van der Waals surface area contributed by atoms with Crippen LogP contribution in [0.5, 0.6) is 0 Å². The number of carbonyl (C=O) groups is 1. The molecule has 3 unspecified atom stereocenters. The first kappa shape index (κ1) is 14.8. The van der Waals surface area contributed by atoms with Crippen LogP contribution in [0.4, 0.5) is 0 Å². The van der Waals surface area contributed by atoms with Gasteiger partial charge in [0, 0.05) is 25.7 Å². The van der Waals surface area contributed by atoms with E-state index in [2.05, 4.69) is 11.8 Å². The second-order valence-electron chi connectivity index (χ2n) is 6.11. The molecule has 4 heteroatoms. The molecule has 0 aliphatic heterocycles. The minimum absolute atomic E-state index is 0.188. The van der Waals surface area contributed by atoms with Gasteiger partial charge in [0.2, 0.25) is 0 Å². The highest BCUT2D eigenvalue weighted by atomic mass is 16.5. The lowest BCUT2D eigenvalue weighted by Gasteiger charge is -2.41. The zero-order valence-electron chi connectivity index (χ0n) is 12.2. The molecule has 110 valence electrons. The number of hydrogen-bond donors (Lipinski definition) is 1. The first-order valence-electron chi connectivity index (χ1n) is 7.62. The van der Waals surface area contributed by atoms with Crippen LogP contribution in [0.1, 0.15) is 45.4 Å². The molecule has 1 N–H and O–H groups in total. The normalized spacial score (nSPS) is 29.4. The molecule has 19 heavy (non-hydrogen) atoms. The zero-order valence-corrected chi connectivity index (χ0v) is 12.2. The van der Waals surface area contributed by atoms with Crippen molar-refractivity contribution in [2.45, 2.75) is 57.5 Å². The molecule has 2 rings (SSSR count). The third-order valence-electron chi connectivity index (χ3n) is 4.85. The van der Waals surface area contributed by atoms with Crippen LogP contribution in [0.2, 0.25) is 0 Å². The van der Waals surface area contributed by atoms with Gasteiger partial charge in [-0.25, -0.2) is 0 Å². The quantitative estimate of drug-likeness (QED) is 0.771. The average Bonchev–Trinajstić information content (AvgIpc) is 3.23. The number of methoxy groups -OCH3 is 1. The van der Waals surface area contributed by atoms with Gasteiger partial charge in [-0.3, -0.25) is 9.69 Å². The maximum Gasteiger partial charge on any atom is 0.308 e. The van der Waals surface area contributed by atoms with Crippen LogP contribution in [-0.2, 0) is 9.53 Å². The Balaban J connectivity index is 2.06. The number of carboxylic acid groups (broad SMARTS) is 1. The van der Waals surface area contributed by atoms with Crippen LogP contribution in [0.15, 0.2) is 0 Å². The summed E-state index contributed by atoms with van der Waals surface area (Å²) in [5, 5.41) is 9.46. The van der Waals surface area contributed by atoms with Gasteiger partial charge in [0.05, 0.1) is 12.5 Å². The molecule has 0 aromatic carbocycles. The topological polar surface area (TPSA) is 49.8 Å². The lowest BCUT2D eigenvalue weighted by atomic mass is 9.82. The van der Waals surface area contributed by atoms with E-state index >= 15 is 0 Å². The minimum Gasteiger partial charge on any atom is -0.481 e. The van der Waals surface area contributed by atoms with Gasteiger partial charge in [0.15, 0.2) is 0 Å². The van der Waals surface area contributed by atoms with Crippen molar-refractivity contribution in [3.05, 3.63) is 0 Å². The van der Waals surface area contributed by atoms with E-state index in [4.69, 9.17) is 4.74 Å². The van der Waals surface area contributed by atoms with E-state index in [-0.39, 0.29) is 12.0 Å². The van der Waals surface area contributed by atoms with Crippen molar-refractivity contribution in [2.24, 2.45) is 11.8 Å². The van der Waals surface area contributed by atoms with Crippen molar-refractivity contribution in [1.29, 1.82) is 0 Å². The zero-order chi connectivity index (χ0) is 13.8. The van der Waals surface area contributed by atoms with Gasteiger partial charge in [-0.05, 0) is 38.5 Å². The Morgan fingerprint density at radius 3 is 2.58 bits per heavy atom. The summed E-state index contributed by atoms with van der Waals surface area (Å²) >= 11 is 0. The second kappa shape index (κ2) is 6.71. The van der Waals surface area contributed by atoms with E-state index < -0.39 is 5.97 Å². The van der Waals surface area contributed by atoms with E-state index in [1.165, 1.54) is 12.8 Å². The van der Waals surface area contributed by atoms with Crippen LogP contribution >= 0.6 is 0 Å². The standard InChI is InChI=1S/C15H27NO3/c1-11(12-7-8-12)16(9-10-19-2)14-6-4-3-5-13(14)15(17)18/h11-14H,3-10H2,1-2H3,(H,17,18). The Kier molecular flexibility index (Phi) is 5.22. The summed E-state index contributed by atoms with van der Waals surface area (Å²) < 4.78 is 5.22. The molecule has 0 aromatic heterocycles. The Morgan fingerprint density at radius 1 is 1.32 bits per heavy atom. The first-order chi connectivity index (χ1) is 9.15. The fraction of sp³-hybridized carbons (Fsp3) is 0.933. The van der Waals surface area contributed by atoms with Gasteiger partial charge in [0.1, 0.15) is 0 Å². The van der Waals surface area contributed by atoms with Crippen molar-refractivity contribution in [3.63, 3.8) is 0 Å². The summed E-state index contributed by atoms with van der Waals surface area (Å²) in [7, 11) is 1.72. The number of carboxylic acids is 1. The molecule has 0 amide bonds. The maximum atomic E-state index is 11.5. The van der Waals surface area contributed by atoms with E-state index in [0.717, 1.165) is 38.1 Å². The molecule has 2 fully saturated rings. The number of ether oxygens (including phenoxy) is 1. The molecule has 2 aliphatic carbocycles.